The number of nitrogens with zero attached hydrogens (tertiary/aromatic N) is 4. The minimum absolute atomic E-state index is 0.231. The summed E-state index contributed by atoms with van der Waals surface area (Å²) in [7, 11) is 0. The maximum atomic E-state index is 13.1. The monoisotopic (exact) mass is 495 g/mol. The van der Waals surface area contributed by atoms with Crippen LogP contribution in [0.1, 0.15) is 31.0 Å². The number of urea groups is 1. The number of hydrogen-bond donors (Lipinski definition) is 1. The van der Waals surface area contributed by atoms with Gasteiger partial charge in [-0.1, -0.05) is 66.5 Å². The molecule has 6 nitrogen and oxygen atoms in total. The first-order chi connectivity index (χ1) is 16.5. The van der Waals surface area contributed by atoms with Crippen LogP contribution in [0.25, 0.3) is 11.4 Å². The Labute approximate surface area is 209 Å². The Hall–Kier alpha value is -2.83. The highest BCUT2D eigenvalue weighted by Crippen LogP contribution is 2.34. The number of piperidine rings is 1. The highest BCUT2D eigenvalue weighted by molar-refractivity contribution is 6.39. The zero-order valence-corrected chi connectivity index (χ0v) is 20.6. The predicted octanol–water partition coefficient (Wildman–Crippen LogP) is 6.28. The summed E-state index contributed by atoms with van der Waals surface area (Å²) in [5.41, 5.74) is 3.48. The second-order valence-corrected chi connectivity index (χ2v) is 9.84. The van der Waals surface area contributed by atoms with Crippen molar-refractivity contribution in [2.45, 2.75) is 32.7 Å². The number of amides is 2. The highest BCUT2D eigenvalue weighted by atomic mass is 35.5. The Bertz CT molecular complexity index is 1180. The number of aromatic nitrogens is 2. The van der Waals surface area contributed by atoms with Crippen molar-refractivity contribution in [2.24, 2.45) is 5.92 Å². The average Bonchev–Trinajstić information content (AvgIpc) is 2.86. The quantitative estimate of drug-likeness (QED) is 0.464. The summed E-state index contributed by atoms with van der Waals surface area (Å²) in [6, 6.07) is 15.0. The average molecular weight is 496 g/mol. The van der Waals surface area contributed by atoms with E-state index in [9.17, 15) is 4.79 Å². The summed E-state index contributed by atoms with van der Waals surface area (Å²) in [5.74, 6) is 2.41. The first kappa shape index (κ1) is 22.9. The number of hydrogen-bond acceptors (Lipinski definition) is 4. The van der Waals surface area contributed by atoms with Crippen molar-refractivity contribution in [3.63, 3.8) is 0 Å². The van der Waals surface area contributed by atoms with Gasteiger partial charge in [-0.05, 0) is 30.9 Å². The van der Waals surface area contributed by atoms with Gasteiger partial charge in [-0.15, -0.1) is 0 Å². The second kappa shape index (κ2) is 9.80. The molecule has 1 N–H and O–H groups in total. The van der Waals surface area contributed by atoms with Crippen LogP contribution in [0.4, 0.5) is 16.3 Å². The molecule has 1 saturated heterocycles. The van der Waals surface area contributed by atoms with Crippen LogP contribution in [0.3, 0.4) is 0 Å². The predicted molar refractivity (Wildman–Crippen MR) is 138 cm³/mol. The SMILES string of the molecule is CC1CCN(c2nc(-c3ccccc3)nc3c2CN(C(=O)Nc2c(Cl)cccc2Cl)CC3)CC1. The molecule has 0 atom stereocenters. The van der Waals surface area contributed by atoms with Gasteiger partial charge >= 0.3 is 6.03 Å². The summed E-state index contributed by atoms with van der Waals surface area (Å²) in [6.45, 7) is 5.22. The largest absolute Gasteiger partial charge is 0.356 e. The van der Waals surface area contributed by atoms with E-state index in [4.69, 9.17) is 33.2 Å². The Morgan fingerprint density at radius 1 is 0.971 bits per heavy atom. The van der Waals surface area contributed by atoms with E-state index in [1.54, 1.807) is 23.1 Å². The maximum absolute atomic E-state index is 13.1. The third kappa shape index (κ3) is 4.70. The summed E-state index contributed by atoms with van der Waals surface area (Å²) >= 11 is 12.5. The summed E-state index contributed by atoms with van der Waals surface area (Å²) in [5, 5.41) is 3.72. The third-order valence-corrected chi connectivity index (χ3v) is 7.27. The number of benzene rings is 2. The van der Waals surface area contributed by atoms with Gasteiger partial charge in [-0.25, -0.2) is 14.8 Å². The van der Waals surface area contributed by atoms with Crippen molar-refractivity contribution in [1.29, 1.82) is 0 Å². The molecule has 34 heavy (non-hydrogen) atoms. The molecule has 2 aliphatic heterocycles. The molecule has 2 aromatic carbocycles. The topological polar surface area (TPSA) is 61.4 Å². The lowest BCUT2D eigenvalue weighted by Gasteiger charge is -2.36. The Balaban J connectivity index is 1.46. The summed E-state index contributed by atoms with van der Waals surface area (Å²) in [4.78, 5) is 27.2. The fourth-order valence-corrected chi connectivity index (χ4v) is 5.06. The molecule has 3 aromatic rings. The summed E-state index contributed by atoms with van der Waals surface area (Å²) < 4.78 is 0. The van der Waals surface area contributed by atoms with Crippen LogP contribution in [-0.2, 0) is 13.0 Å². The highest BCUT2D eigenvalue weighted by Gasteiger charge is 2.29. The van der Waals surface area contributed by atoms with E-state index in [2.05, 4.69) is 17.1 Å². The van der Waals surface area contributed by atoms with Crippen LogP contribution in [0, 0.1) is 5.92 Å². The first-order valence-electron chi connectivity index (χ1n) is 11.7. The number of carbonyl (C=O) groups excluding carboxylic acids is 1. The molecule has 176 valence electrons. The van der Waals surface area contributed by atoms with Gasteiger partial charge in [-0.2, -0.15) is 0 Å². The van der Waals surface area contributed by atoms with Gasteiger partial charge in [-0.3, -0.25) is 0 Å². The molecule has 0 radical (unpaired) electrons. The molecule has 0 bridgehead atoms. The first-order valence-corrected chi connectivity index (χ1v) is 12.5. The molecule has 0 saturated carbocycles. The van der Waals surface area contributed by atoms with Crippen LogP contribution in [-0.4, -0.2) is 40.5 Å². The lowest BCUT2D eigenvalue weighted by Crippen LogP contribution is -2.41. The molecule has 1 fully saturated rings. The lowest BCUT2D eigenvalue weighted by molar-refractivity contribution is 0.206. The number of anilines is 2. The molecular weight excluding hydrogens is 469 g/mol. The molecule has 8 heteroatoms. The lowest BCUT2D eigenvalue weighted by atomic mass is 9.98. The summed E-state index contributed by atoms with van der Waals surface area (Å²) in [6.07, 6.45) is 2.93. The van der Waals surface area contributed by atoms with Crippen molar-refractivity contribution in [2.75, 3.05) is 29.9 Å². The van der Waals surface area contributed by atoms with E-state index < -0.39 is 0 Å². The Kier molecular flexibility index (Phi) is 6.61. The molecule has 5 rings (SSSR count). The molecule has 0 spiro atoms. The Morgan fingerprint density at radius 2 is 1.68 bits per heavy atom. The number of nitrogens with one attached hydrogen (secondary N) is 1. The van der Waals surface area contributed by atoms with E-state index in [0.29, 0.717) is 41.2 Å². The fraction of sp³-hybridized carbons (Fsp3) is 0.346. The molecular formula is C26H27Cl2N5O. The number of halogens is 2. The van der Waals surface area contributed by atoms with E-state index in [1.165, 1.54) is 0 Å². The molecule has 2 aliphatic rings. The standard InChI is InChI=1S/C26H27Cl2N5O/c1-17-10-13-32(14-11-17)25-19-16-33(26(34)30-23-20(27)8-5-9-21(23)28)15-12-22(19)29-24(31-25)18-6-3-2-4-7-18/h2-9,17H,10-16H2,1H3,(H,30,34). The smallest absolute Gasteiger partial charge is 0.322 e. The van der Waals surface area contributed by atoms with E-state index in [-0.39, 0.29) is 6.03 Å². The second-order valence-electron chi connectivity index (χ2n) is 9.03. The van der Waals surface area contributed by atoms with Crippen LogP contribution in [0.5, 0.6) is 0 Å². The third-order valence-electron chi connectivity index (χ3n) is 6.64. The van der Waals surface area contributed by atoms with Gasteiger partial charge in [0.1, 0.15) is 5.82 Å². The molecule has 0 aliphatic carbocycles. The number of para-hydroxylation sites is 1. The molecule has 1 aromatic heterocycles. The van der Waals surface area contributed by atoms with Crippen molar-refractivity contribution < 1.29 is 4.79 Å². The zero-order chi connectivity index (χ0) is 23.7. The van der Waals surface area contributed by atoms with Crippen molar-refractivity contribution in [1.82, 2.24) is 14.9 Å². The molecule has 0 unspecified atom stereocenters. The van der Waals surface area contributed by atoms with Crippen molar-refractivity contribution in [3.05, 3.63) is 69.8 Å². The number of fused-ring (bicyclic) bond motifs is 1. The number of rotatable bonds is 3. The van der Waals surface area contributed by atoms with Gasteiger partial charge in [0.15, 0.2) is 5.82 Å². The maximum Gasteiger partial charge on any atom is 0.322 e. The van der Waals surface area contributed by atoms with Crippen LogP contribution in [0.15, 0.2) is 48.5 Å². The van der Waals surface area contributed by atoms with Crippen LogP contribution in [0.2, 0.25) is 10.0 Å². The van der Waals surface area contributed by atoms with Crippen LogP contribution < -0.4 is 10.2 Å². The van der Waals surface area contributed by atoms with Gasteiger partial charge < -0.3 is 15.1 Å². The van der Waals surface area contributed by atoms with Crippen molar-refractivity contribution >= 4 is 40.7 Å². The normalized spacial score (nSPS) is 16.3. The van der Waals surface area contributed by atoms with Crippen LogP contribution >= 0.6 is 23.2 Å². The molecule has 3 heterocycles. The zero-order valence-electron chi connectivity index (χ0n) is 19.1. The minimum Gasteiger partial charge on any atom is -0.356 e. The van der Waals surface area contributed by atoms with E-state index >= 15 is 0 Å². The number of carbonyl (C=O) groups is 1. The van der Waals surface area contributed by atoms with Gasteiger partial charge in [0.25, 0.3) is 0 Å². The fourth-order valence-electron chi connectivity index (χ4n) is 4.57. The van der Waals surface area contributed by atoms with E-state index in [1.807, 2.05) is 30.3 Å². The van der Waals surface area contributed by atoms with Gasteiger partial charge in [0.2, 0.25) is 0 Å². The van der Waals surface area contributed by atoms with Crippen molar-refractivity contribution in [3.8, 4) is 11.4 Å². The minimum atomic E-state index is -0.231. The van der Waals surface area contributed by atoms with Gasteiger partial charge in [0.05, 0.1) is 28.0 Å². The van der Waals surface area contributed by atoms with Gasteiger partial charge in [0, 0.05) is 37.2 Å². The Morgan fingerprint density at radius 3 is 2.38 bits per heavy atom. The molecule has 2 amide bonds. The van der Waals surface area contributed by atoms with E-state index in [0.717, 1.165) is 54.4 Å².